The van der Waals surface area contributed by atoms with Gasteiger partial charge in [-0.15, -0.1) is 11.3 Å². The number of thiazole rings is 1. The highest BCUT2D eigenvalue weighted by atomic mass is 35.5. The number of aromatic nitrogens is 1. The van der Waals surface area contributed by atoms with E-state index in [4.69, 9.17) is 21.1 Å². The molecule has 1 aromatic carbocycles. The molecule has 4 nitrogen and oxygen atoms in total. The molecule has 0 spiro atoms. The van der Waals surface area contributed by atoms with Crippen LogP contribution >= 0.6 is 22.9 Å². The Morgan fingerprint density at radius 1 is 1.26 bits per heavy atom. The van der Waals surface area contributed by atoms with E-state index in [-0.39, 0.29) is 6.04 Å². The van der Waals surface area contributed by atoms with Crippen LogP contribution in [0.4, 0.5) is 5.69 Å². The first-order chi connectivity index (χ1) is 9.15. The van der Waals surface area contributed by atoms with Crippen molar-refractivity contribution in [3.63, 3.8) is 0 Å². The Labute approximate surface area is 121 Å². The van der Waals surface area contributed by atoms with Gasteiger partial charge < -0.3 is 14.8 Å². The number of hydrogen-bond donors (Lipinski definition) is 1. The zero-order valence-corrected chi connectivity index (χ0v) is 12.5. The van der Waals surface area contributed by atoms with Gasteiger partial charge >= 0.3 is 0 Å². The molecular formula is C13H15ClN2O2S. The van der Waals surface area contributed by atoms with Gasteiger partial charge in [0.05, 0.1) is 42.2 Å². The van der Waals surface area contributed by atoms with Crippen molar-refractivity contribution in [2.24, 2.45) is 0 Å². The Morgan fingerprint density at radius 2 is 2.00 bits per heavy atom. The summed E-state index contributed by atoms with van der Waals surface area (Å²) >= 11 is 7.70. The fourth-order valence-corrected chi connectivity index (χ4v) is 2.60. The Balaban J connectivity index is 2.26. The van der Waals surface area contributed by atoms with E-state index >= 15 is 0 Å². The molecule has 0 aliphatic heterocycles. The number of benzene rings is 1. The van der Waals surface area contributed by atoms with Crippen LogP contribution < -0.4 is 14.8 Å². The van der Waals surface area contributed by atoms with Crippen molar-refractivity contribution in [2.75, 3.05) is 19.5 Å². The van der Waals surface area contributed by atoms with Gasteiger partial charge in [0.15, 0.2) is 0 Å². The first-order valence-corrected chi connectivity index (χ1v) is 7.04. The van der Waals surface area contributed by atoms with E-state index in [1.165, 1.54) is 0 Å². The highest BCUT2D eigenvalue weighted by molar-refractivity contribution is 7.07. The molecule has 0 saturated carbocycles. The highest BCUT2D eigenvalue weighted by Crippen LogP contribution is 2.37. The van der Waals surface area contributed by atoms with Crippen molar-refractivity contribution in [3.8, 4) is 11.5 Å². The minimum atomic E-state index is 0.0737. The molecule has 0 aliphatic rings. The zero-order chi connectivity index (χ0) is 13.8. The summed E-state index contributed by atoms with van der Waals surface area (Å²) in [5.41, 5.74) is 3.61. The van der Waals surface area contributed by atoms with Gasteiger partial charge in [0, 0.05) is 11.4 Å². The molecule has 2 rings (SSSR count). The van der Waals surface area contributed by atoms with E-state index in [1.807, 2.05) is 17.8 Å². The molecule has 0 amide bonds. The average Bonchev–Trinajstić information content (AvgIpc) is 2.93. The molecular weight excluding hydrogens is 284 g/mol. The number of methoxy groups -OCH3 is 2. The average molecular weight is 299 g/mol. The van der Waals surface area contributed by atoms with Gasteiger partial charge in [-0.1, -0.05) is 11.6 Å². The summed E-state index contributed by atoms with van der Waals surface area (Å²) in [6.07, 6.45) is 0. The summed E-state index contributed by atoms with van der Waals surface area (Å²) in [6, 6.07) is 3.63. The molecule has 1 atom stereocenters. The molecule has 102 valence electrons. The Morgan fingerprint density at radius 3 is 2.58 bits per heavy atom. The van der Waals surface area contributed by atoms with Crippen molar-refractivity contribution < 1.29 is 9.47 Å². The molecule has 0 radical (unpaired) electrons. The summed E-state index contributed by atoms with van der Waals surface area (Å²) in [5, 5.41) is 5.88. The number of anilines is 1. The number of nitrogens with one attached hydrogen (secondary N) is 1. The SMILES string of the molecule is COc1cc(OC)c(NC(C)c2cscn2)cc1Cl. The second-order valence-electron chi connectivity index (χ2n) is 3.97. The number of ether oxygens (including phenoxy) is 2. The summed E-state index contributed by atoms with van der Waals surface area (Å²) in [4.78, 5) is 4.28. The topological polar surface area (TPSA) is 43.4 Å². The van der Waals surface area contributed by atoms with Crippen molar-refractivity contribution in [2.45, 2.75) is 13.0 Å². The highest BCUT2D eigenvalue weighted by Gasteiger charge is 2.13. The van der Waals surface area contributed by atoms with Crippen LogP contribution in [0.3, 0.4) is 0 Å². The van der Waals surface area contributed by atoms with Crippen LogP contribution in [0.25, 0.3) is 0 Å². The van der Waals surface area contributed by atoms with Crippen LogP contribution in [-0.2, 0) is 0 Å². The maximum absolute atomic E-state index is 6.13. The number of nitrogens with zero attached hydrogens (tertiary/aromatic N) is 1. The minimum absolute atomic E-state index is 0.0737. The normalized spacial score (nSPS) is 12.0. The van der Waals surface area contributed by atoms with Crippen molar-refractivity contribution in [1.82, 2.24) is 4.98 Å². The van der Waals surface area contributed by atoms with E-state index in [9.17, 15) is 0 Å². The summed E-state index contributed by atoms with van der Waals surface area (Å²) in [7, 11) is 3.19. The maximum Gasteiger partial charge on any atom is 0.145 e. The van der Waals surface area contributed by atoms with Crippen LogP contribution in [0.1, 0.15) is 18.7 Å². The lowest BCUT2D eigenvalue weighted by Gasteiger charge is -2.17. The van der Waals surface area contributed by atoms with Gasteiger partial charge in [-0.3, -0.25) is 0 Å². The predicted molar refractivity (Wildman–Crippen MR) is 78.7 cm³/mol. The van der Waals surface area contributed by atoms with E-state index in [2.05, 4.69) is 10.3 Å². The third-order valence-corrected chi connectivity index (χ3v) is 3.64. The van der Waals surface area contributed by atoms with Crippen LogP contribution in [0.5, 0.6) is 11.5 Å². The predicted octanol–water partition coefficient (Wildman–Crippen LogP) is 3.99. The first-order valence-electron chi connectivity index (χ1n) is 5.72. The second-order valence-corrected chi connectivity index (χ2v) is 5.09. The van der Waals surface area contributed by atoms with Crippen molar-refractivity contribution >= 4 is 28.6 Å². The molecule has 0 aliphatic carbocycles. The summed E-state index contributed by atoms with van der Waals surface area (Å²) < 4.78 is 10.5. The monoisotopic (exact) mass is 298 g/mol. The molecule has 1 aromatic heterocycles. The lowest BCUT2D eigenvalue weighted by atomic mass is 10.2. The smallest absolute Gasteiger partial charge is 0.145 e. The lowest BCUT2D eigenvalue weighted by molar-refractivity contribution is 0.395. The third-order valence-electron chi connectivity index (χ3n) is 2.74. The quantitative estimate of drug-likeness (QED) is 0.906. The van der Waals surface area contributed by atoms with Gasteiger partial charge in [0.2, 0.25) is 0 Å². The lowest BCUT2D eigenvalue weighted by Crippen LogP contribution is -2.08. The second kappa shape index (κ2) is 6.12. The Kier molecular flexibility index (Phi) is 4.50. The number of halogens is 1. The van der Waals surface area contributed by atoms with Crippen LogP contribution in [0.2, 0.25) is 5.02 Å². The molecule has 1 unspecified atom stereocenters. The number of hydrogen-bond acceptors (Lipinski definition) is 5. The zero-order valence-electron chi connectivity index (χ0n) is 10.9. The van der Waals surface area contributed by atoms with Gasteiger partial charge in [-0.25, -0.2) is 4.98 Å². The van der Waals surface area contributed by atoms with Gasteiger partial charge in [0.25, 0.3) is 0 Å². The Hall–Kier alpha value is -1.46. The fraction of sp³-hybridized carbons (Fsp3) is 0.308. The molecule has 19 heavy (non-hydrogen) atoms. The van der Waals surface area contributed by atoms with Gasteiger partial charge in [0.1, 0.15) is 11.5 Å². The van der Waals surface area contributed by atoms with Crippen molar-refractivity contribution in [1.29, 1.82) is 0 Å². The minimum Gasteiger partial charge on any atom is -0.495 e. The molecule has 6 heteroatoms. The largest absolute Gasteiger partial charge is 0.495 e. The number of rotatable bonds is 5. The van der Waals surface area contributed by atoms with Crippen molar-refractivity contribution in [3.05, 3.63) is 33.7 Å². The fourth-order valence-electron chi connectivity index (χ4n) is 1.72. The van der Waals surface area contributed by atoms with E-state index in [1.54, 1.807) is 37.7 Å². The summed E-state index contributed by atoms with van der Waals surface area (Å²) in [6.45, 7) is 2.03. The van der Waals surface area contributed by atoms with E-state index in [0.29, 0.717) is 16.5 Å². The van der Waals surface area contributed by atoms with Gasteiger partial charge in [-0.05, 0) is 13.0 Å². The molecule has 0 saturated heterocycles. The Bertz CT molecular complexity index is 546. The van der Waals surface area contributed by atoms with Crippen LogP contribution in [0, 0.1) is 0 Å². The van der Waals surface area contributed by atoms with E-state index in [0.717, 1.165) is 11.4 Å². The molecule has 2 aromatic rings. The van der Waals surface area contributed by atoms with E-state index < -0.39 is 0 Å². The van der Waals surface area contributed by atoms with Gasteiger partial charge in [-0.2, -0.15) is 0 Å². The van der Waals surface area contributed by atoms with Crippen LogP contribution in [0.15, 0.2) is 23.0 Å². The summed E-state index contributed by atoms with van der Waals surface area (Å²) in [5.74, 6) is 1.27. The first kappa shape index (κ1) is 14.0. The molecule has 1 N–H and O–H groups in total. The molecule has 0 bridgehead atoms. The third kappa shape index (κ3) is 3.11. The van der Waals surface area contributed by atoms with Crippen LogP contribution in [-0.4, -0.2) is 19.2 Å². The molecule has 1 heterocycles. The maximum atomic E-state index is 6.13. The molecule has 0 fully saturated rings. The standard InChI is InChI=1S/C13H15ClN2O2S/c1-8(11-6-19-7-15-11)16-10-4-9(14)12(17-2)5-13(10)18-3/h4-8,16H,1-3H3.